The fourth-order valence-electron chi connectivity index (χ4n) is 4.08. The first-order valence-corrected chi connectivity index (χ1v) is 13.1. The highest BCUT2D eigenvalue weighted by molar-refractivity contribution is 7.46. The molecule has 3 N–H and O–H groups in total. The Morgan fingerprint density at radius 3 is 2.58 bits per heavy atom. The van der Waals surface area contributed by atoms with Crippen molar-refractivity contribution in [3.8, 4) is 0 Å². The first kappa shape index (κ1) is 27.6. The molecular formula is C26H28ClN2O6P. The number of carbonyl (C=O) groups is 2. The lowest BCUT2D eigenvalue weighted by Crippen LogP contribution is -2.32. The minimum Gasteiger partial charge on any atom is -0.322 e. The normalized spacial score (nSPS) is 16.1. The molecule has 0 fully saturated rings. The van der Waals surface area contributed by atoms with Crippen molar-refractivity contribution < 1.29 is 28.5 Å². The fourth-order valence-corrected chi connectivity index (χ4v) is 4.81. The van der Waals surface area contributed by atoms with Crippen molar-refractivity contribution in [2.75, 3.05) is 16.8 Å². The molecular weight excluding hydrogens is 503 g/mol. The molecule has 1 atom stereocenters. The van der Waals surface area contributed by atoms with Crippen LogP contribution in [0.2, 0.25) is 5.02 Å². The highest BCUT2D eigenvalue weighted by Gasteiger charge is 2.32. The summed E-state index contributed by atoms with van der Waals surface area (Å²) in [6.45, 7) is 11.2. The molecule has 1 heterocycles. The van der Waals surface area contributed by atoms with Gasteiger partial charge in [-0.1, -0.05) is 30.8 Å². The van der Waals surface area contributed by atoms with Gasteiger partial charge in [0.15, 0.2) is 0 Å². The van der Waals surface area contributed by atoms with E-state index in [0.29, 0.717) is 63.6 Å². The van der Waals surface area contributed by atoms with Gasteiger partial charge in [-0.25, -0.2) is 4.57 Å². The van der Waals surface area contributed by atoms with Crippen LogP contribution in [-0.4, -0.2) is 28.1 Å². The summed E-state index contributed by atoms with van der Waals surface area (Å²) < 4.78 is 16.5. The van der Waals surface area contributed by atoms with Crippen molar-refractivity contribution in [3.05, 3.63) is 94.6 Å². The van der Waals surface area contributed by atoms with E-state index in [2.05, 4.69) is 18.5 Å². The maximum absolute atomic E-state index is 13.6. The second kappa shape index (κ2) is 11.4. The van der Waals surface area contributed by atoms with Crippen LogP contribution < -0.4 is 10.2 Å². The second-order valence-corrected chi connectivity index (χ2v) is 10.1. The number of carbonyl (C=O) groups excluding carboxylic acids is 2. The van der Waals surface area contributed by atoms with Gasteiger partial charge in [0.1, 0.15) is 0 Å². The number of hydrogen-bond acceptors (Lipinski definition) is 4. The lowest BCUT2D eigenvalue weighted by atomic mass is 10.0. The Kier molecular flexibility index (Phi) is 8.71. The summed E-state index contributed by atoms with van der Waals surface area (Å²) in [5.74, 6) is -0.629. The molecule has 2 aromatic carbocycles. The lowest BCUT2D eigenvalue weighted by Gasteiger charge is -2.25. The standard InChI is InChI=1S/C26H28ClN2O6P/c1-5-7-20(16(2)3)25(30)28-19-10-11-21(17(4)14-19)26(31)29-13-6-8-24(35-36(32,33)34)22-15-18(27)9-12-23(22)29/h5,7,9-12,14-15,24H,1-2,6,8,13H2,3-4H3,(H,28,30)(H2,32,33,34)/b20-7+. The maximum Gasteiger partial charge on any atom is 0.470 e. The lowest BCUT2D eigenvalue weighted by molar-refractivity contribution is -0.112. The second-order valence-electron chi connectivity index (χ2n) is 8.47. The zero-order valence-corrected chi connectivity index (χ0v) is 21.7. The Bertz CT molecular complexity index is 1300. The number of nitrogens with zero attached hydrogens (tertiary/aromatic N) is 1. The van der Waals surface area contributed by atoms with Crippen LogP contribution in [0.3, 0.4) is 0 Å². The van der Waals surface area contributed by atoms with Crippen molar-refractivity contribution >= 4 is 42.6 Å². The number of benzene rings is 2. The van der Waals surface area contributed by atoms with E-state index in [1.54, 1.807) is 61.2 Å². The molecule has 3 rings (SSSR count). The van der Waals surface area contributed by atoms with Gasteiger partial charge in [-0.3, -0.25) is 14.1 Å². The van der Waals surface area contributed by atoms with Crippen molar-refractivity contribution in [2.45, 2.75) is 32.8 Å². The van der Waals surface area contributed by atoms with Gasteiger partial charge in [-0.05, 0) is 80.3 Å². The minimum absolute atomic E-state index is 0.292. The molecule has 0 radical (unpaired) electrons. The highest BCUT2D eigenvalue weighted by Crippen LogP contribution is 2.47. The number of fused-ring (bicyclic) bond motifs is 1. The van der Waals surface area contributed by atoms with Crippen molar-refractivity contribution in [2.24, 2.45) is 0 Å². The number of allylic oxidation sites excluding steroid dienone is 2. The van der Waals surface area contributed by atoms with Crippen LogP contribution in [0.25, 0.3) is 0 Å². The molecule has 0 aromatic heterocycles. The van der Waals surface area contributed by atoms with Gasteiger partial charge >= 0.3 is 7.82 Å². The summed E-state index contributed by atoms with van der Waals surface area (Å²) in [5.41, 5.74) is 3.47. The third-order valence-electron chi connectivity index (χ3n) is 5.69. The molecule has 8 nitrogen and oxygen atoms in total. The average molecular weight is 531 g/mol. The quantitative estimate of drug-likeness (QED) is 0.234. The number of amides is 2. The van der Waals surface area contributed by atoms with Gasteiger partial charge < -0.3 is 20.0 Å². The molecule has 1 unspecified atom stereocenters. The Hall–Kier alpha value is -3.00. The smallest absolute Gasteiger partial charge is 0.322 e. The van der Waals surface area contributed by atoms with E-state index < -0.39 is 13.9 Å². The van der Waals surface area contributed by atoms with Crippen LogP contribution in [0, 0.1) is 6.92 Å². The van der Waals surface area contributed by atoms with Crippen LogP contribution in [-0.2, 0) is 13.9 Å². The maximum atomic E-state index is 13.6. The molecule has 2 aromatic rings. The molecule has 190 valence electrons. The first-order chi connectivity index (χ1) is 16.9. The molecule has 1 aliphatic heterocycles. The number of nitrogens with one attached hydrogen (secondary N) is 1. The summed E-state index contributed by atoms with van der Waals surface area (Å²) >= 11 is 6.15. The third-order valence-corrected chi connectivity index (χ3v) is 6.45. The third kappa shape index (κ3) is 6.60. The summed E-state index contributed by atoms with van der Waals surface area (Å²) in [7, 11) is -4.76. The van der Waals surface area contributed by atoms with Crippen LogP contribution >= 0.6 is 19.4 Å². The molecule has 0 saturated heterocycles. The van der Waals surface area contributed by atoms with Crippen LogP contribution in [0.5, 0.6) is 0 Å². The number of anilines is 2. The SMILES string of the molecule is C=C/C=C(\C(=C)C)C(=O)Nc1ccc(C(=O)N2CCCC(OP(=O)(O)O)c3cc(Cl)ccc32)c(C)c1. The van der Waals surface area contributed by atoms with E-state index in [4.69, 9.17) is 16.1 Å². The first-order valence-electron chi connectivity index (χ1n) is 11.2. The Balaban J connectivity index is 1.91. The molecule has 0 saturated carbocycles. The van der Waals surface area contributed by atoms with Crippen molar-refractivity contribution in [1.29, 1.82) is 0 Å². The number of phosphoric acid groups is 1. The largest absolute Gasteiger partial charge is 0.470 e. The number of halogens is 1. The summed E-state index contributed by atoms with van der Waals surface area (Å²) in [5, 5.41) is 3.17. The topological polar surface area (TPSA) is 116 Å². The predicted octanol–water partition coefficient (Wildman–Crippen LogP) is 5.87. The van der Waals surface area contributed by atoms with E-state index in [-0.39, 0.29) is 11.8 Å². The zero-order chi connectivity index (χ0) is 26.6. The average Bonchev–Trinajstić information content (AvgIpc) is 2.95. The van der Waals surface area contributed by atoms with E-state index in [0.717, 1.165) is 0 Å². The van der Waals surface area contributed by atoms with Gasteiger partial charge in [-0.2, -0.15) is 0 Å². The van der Waals surface area contributed by atoms with Gasteiger partial charge in [0.05, 0.1) is 6.10 Å². The zero-order valence-electron chi connectivity index (χ0n) is 20.0. The number of hydrogen-bond donors (Lipinski definition) is 3. The predicted molar refractivity (Wildman–Crippen MR) is 141 cm³/mol. The molecule has 10 heteroatoms. The Morgan fingerprint density at radius 2 is 1.97 bits per heavy atom. The van der Waals surface area contributed by atoms with E-state index >= 15 is 0 Å². The monoisotopic (exact) mass is 530 g/mol. The summed E-state index contributed by atoms with van der Waals surface area (Å²) in [4.78, 5) is 46.5. The molecule has 2 amide bonds. The number of phosphoric ester groups is 1. The molecule has 0 spiro atoms. The van der Waals surface area contributed by atoms with Gasteiger partial charge in [-0.15, -0.1) is 0 Å². The summed E-state index contributed by atoms with van der Waals surface area (Å²) in [6, 6.07) is 9.80. The van der Waals surface area contributed by atoms with Crippen LogP contribution in [0.1, 0.15) is 47.4 Å². The Morgan fingerprint density at radius 1 is 1.25 bits per heavy atom. The van der Waals surface area contributed by atoms with E-state index in [9.17, 15) is 23.9 Å². The van der Waals surface area contributed by atoms with E-state index in [1.165, 1.54) is 6.08 Å². The molecule has 0 bridgehead atoms. The van der Waals surface area contributed by atoms with Gasteiger partial charge in [0.2, 0.25) is 0 Å². The molecule has 0 aliphatic carbocycles. The number of aryl methyl sites for hydroxylation is 1. The van der Waals surface area contributed by atoms with Gasteiger partial charge in [0.25, 0.3) is 11.8 Å². The molecule has 36 heavy (non-hydrogen) atoms. The Labute approximate surface area is 215 Å². The van der Waals surface area contributed by atoms with Crippen LogP contribution in [0.15, 0.2) is 72.9 Å². The van der Waals surface area contributed by atoms with Crippen molar-refractivity contribution in [1.82, 2.24) is 0 Å². The number of rotatable bonds is 7. The van der Waals surface area contributed by atoms with E-state index in [1.807, 2.05) is 0 Å². The molecule has 1 aliphatic rings. The van der Waals surface area contributed by atoms with Crippen molar-refractivity contribution in [3.63, 3.8) is 0 Å². The highest BCUT2D eigenvalue weighted by atomic mass is 35.5. The fraction of sp³-hybridized carbons (Fsp3) is 0.231. The summed E-state index contributed by atoms with van der Waals surface area (Å²) in [6.07, 6.45) is 2.93. The van der Waals surface area contributed by atoms with Gasteiger partial charge in [0, 0.05) is 39.6 Å². The van der Waals surface area contributed by atoms with Crippen LogP contribution in [0.4, 0.5) is 11.4 Å². The minimum atomic E-state index is -4.76.